The lowest BCUT2D eigenvalue weighted by molar-refractivity contribution is 0.383. The van der Waals surface area contributed by atoms with Crippen LogP contribution in [0.1, 0.15) is 25.5 Å². The monoisotopic (exact) mass is 277 g/mol. The van der Waals surface area contributed by atoms with Gasteiger partial charge in [-0.3, -0.25) is 4.68 Å². The summed E-state index contributed by atoms with van der Waals surface area (Å²) in [7, 11) is 1.46. The van der Waals surface area contributed by atoms with Gasteiger partial charge in [0.1, 0.15) is 0 Å². The highest BCUT2D eigenvalue weighted by Gasteiger charge is 2.12. The Morgan fingerprint density at radius 1 is 1.40 bits per heavy atom. The first kappa shape index (κ1) is 14.5. The van der Waals surface area contributed by atoms with E-state index in [0.29, 0.717) is 0 Å². The number of hydrogen-bond acceptors (Lipinski definition) is 3. The van der Waals surface area contributed by atoms with Crippen molar-refractivity contribution in [3.63, 3.8) is 0 Å². The summed E-state index contributed by atoms with van der Waals surface area (Å²) in [5, 5.41) is 7.60. The van der Waals surface area contributed by atoms with Gasteiger partial charge < -0.3 is 10.1 Å². The Hall–Kier alpha value is -1.88. The molecule has 20 heavy (non-hydrogen) atoms. The predicted molar refractivity (Wildman–Crippen MR) is 76.2 cm³/mol. The van der Waals surface area contributed by atoms with E-state index in [-0.39, 0.29) is 23.7 Å². The van der Waals surface area contributed by atoms with Crippen LogP contribution in [0.25, 0.3) is 0 Å². The average Bonchev–Trinajstić information content (AvgIpc) is 2.91. The van der Waals surface area contributed by atoms with Gasteiger partial charge in [0, 0.05) is 24.5 Å². The Morgan fingerprint density at radius 3 is 2.80 bits per heavy atom. The van der Waals surface area contributed by atoms with Crippen LogP contribution in [0.15, 0.2) is 36.7 Å². The Balaban J connectivity index is 1.97. The van der Waals surface area contributed by atoms with E-state index in [1.807, 2.05) is 29.9 Å². The highest BCUT2D eigenvalue weighted by Crippen LogP contribution is 2.22. The van der Waals surface area contributed by atoms with Gasteiger partial charge in [0.15, 0.2) is 11.6 Å². The van der Waals surface area contributed by atoms with Gasteiger partial charge in [-0.25, -0.2) is 4.39 Å². The van der Waals surface area contributed by atoms with E-state index < -0.39 is 0 Å². The number of halogens is 1. The summed E-state index contributed by atoms with van der Waals surface area (Å²) < 4.78 is 20.5. The number of nitrogens with zero attached hydrogens (tertiary/aromatic N) is 2. The molecule has 2 aromatic rings. The number of methoxy groups -OCH3 is 1. The van der Waals surface area contributed by atoms with Crippen LogP contribution >= 0.6 is 0 Å². The van der Waals surface area contributed by atoms with Crippen LogP contribution in [0.4, 0.5) is 4.39 Å². The molecule has 1 aromatic heterocycles. The van der Waals surface area contributed by atoms with E-state index in [9.17, 15) is 4.39 Å². The Labute approximate surface area is 118 Å². The second-order valence-corrected chi connectivity index (χ2v) is 4.91. The smallest absolute Gasteiger partial charge is 0.165 e. The number of rotatable bonds is 6. The molecule has 1 heterocycles. The number of benzene rings is 1. The maximum absolute atomic E-state index is 13.7. The average molecular weight is 277 g/mol. The van der Waals surface area contributed by atoms with Gasteiger partial charge in [-0.2, -0.15) is 5.10 Å². The van der Waals surface area contributed by atoms with Gasteiger partial charge >= 0.3 is 0 Å². The standard InChI is InChI=1S/C15H20FN3O/c1-11(10-19-8-4-7-17-19)18-12(2)13-5-6-15(20-3)14(16)9-13/h4-9,11-12,18H,10H2,1-3H3. The van der Waals surface area contributed by atoms with Crippen molar-refractivity contribution < 1.29 is 9.13 Å². The van der Waals surface area contributed by atoms with Crippen LogP contribution in [0.5, 0.6) is 5.75 Å². The quantitative estimate of drug-likeness (QED) is 0.882. The molecule has 2 unspecified atom stereocenters. The van der Waals surface area contributed by atoms with Crippen molar-refractivity contribution in [1.82, 2.24) is 15.1 Å². The third kappa shape index (κ3) is 3.57. The van der Waals surface area contributed by atoms with Gasteiger partial charge in [-0.15, -0.1) is 0 Å². The molecule has 0 fully saturated rings. The molecule has 0 bridgehead atoms. The van der Waals surface area contributed by atoms with E-state index >= 15 is 0 Å². The minimum atomic E-state index is -0.335. The first-order valence-corrected chi connectivity index (χ1v) is 6.67. The summed E-state index contributed by atoms with van der Waals surface area (Å²) in [6.45, 7) is 4.87. The van der Waals surface area contributed by atoms with Crippen LogP contribution in [0, 0.1) is 5.82 Å². The van der Waals surface area contributed by atoms with Crippen molar-refractivity contribution in [2.24, 2.45) is 0 Å². The van der Waals surface area contributed by atoms with E-state index in [1.54, 1.807) is 12.3 Å². The first-order chi connectivity index (χ1) is 9.60. The van der Waals surface area contributed by atoms with E-state index in [0.717, 1.165) is 12.1 Å². The number of ether oxygens (including phenoxy) is 1. The van der Waals surface area contributed by atoms with Gasteiger partial charge in [0.25, 0.3) is 0 Å². The lowest BCUT2D eigenvalue weighted by Crippen LogP contribution is -2.32. The van der Waals surface area contributed by atoms with Crippen molar-refractivity contribution in [2.75, 3.05) is 7.11 Å². The second-order valence-electron chi connectivity index (χ2n) is 4.91. The summed E-state index contributed by atoms with van der Waals surface area (Å²) >= 11 is 0. The lowest BCUT2D eigenvalue weighted by Gasteiger charge is -2.20. The normalized spacial score (nSPS) is 14.0. The largest absolute Gasteiger partial charge is 0.494 e. The molecular weight excluding hydrogens is 257 g/mol. The SMILES string of the molecule is COc1ccc(C(C)NC(C)Cn2cccn2)cc1F. The minimum absolute atomic E-state index is 0.0565. The molecule has 0 radical (unpaired) electrons. The topological polar surface area (TPSA) is 39.1 Å². The lowest BCUT2D eigenvalue weighted by atomic mass is 10.1. The fourth-order valence-electron chi connectivity index (χ4n) is 2.22. The summed E-state index contributed by atoms with van der Waals surface area (Å²) in [5.74, 6) is -0.0658. The fraction of sp³-hybridized carbons (Fsp3) is 0.400. The highest BCUT2D eigenvalue weighted by molar-refractivity contribution is 5.30. The van der Waals surface area contributed by atoms with Gasteiger partial charge in [-0.05, 0) is 37.6 Å². The van der Waals surface area contributed by atoms with Crippen molar-refractivity contribution in [3.05, 3.63) is 48.0 Å². The molecule has 0 aliphatic rings. The van der Waals surface area contributed by atoms with Crippen LogP contribution < -0.4 is 10.1 Å². The molecule has 2 rings (SSSR count). The molecule has 2 atom stereocenters. The zero-order valence-electron chi connectivity index (χ0n) is 12.0. The number of hydrogen-bond donors (Lipinski definition) is 1. The molecule has 4 nitrogen and oxygen atoms in total. The molecule has 0 amide bonds. The van der Waals surface area contributed by atoms with Gasteiger partial charge in [0.2, 0.25) is 0 Å². The summed E-state index contributed by atoms with van der Waals surface area (Å²) in [6.07, 6.45) is 3.69. The molecule has 5 heteroatoms. The molecule has 1 aromatic carbocycles. The molecule has 0 saturated heterocycles. The van der Waals surface area contributed by atoms with Crippen LogP contribution in [0.2, 0.25) is 0 Å². The second kappa shape index (κ2) is 6.52. The molecule has 0 aliphatic heterocycles. The van der Waals surface area contributed by atoms with Crippen molar-refractivity contribution in [1.29, 1.82) is 0 Å². The van der Waals surface area contributed by atoms with Gasteiger partial charge in [-0.1, -0.05) is 6.07 Å². The van der Waals surface area contributed by atoms with Crippen molar-refractivity contribution in [2.45, 2.75) is 32.5 Å². The summed E-state index contributed by atoms with van der Waals surface area (Å²) in [4.78, 5) is 0. The van der Waals surface area contributed by atoms with Crippen LogP contribution in [0.3, 0.4) is 0 Å². The first-order valence-electron chi connectivity index (χ1n) is 6.67. The van der Waals surface area contributed by atoms with E-state index in [2.05, 4.69) is 17.3 Å². The molecule has 0 saturated carbocycles. The summed E-state index contributed by atoms with van der Waals surface area (Å²) in [5.41, 5.74) is 0.899. The highest BCUT2D eigenvalue weighted by atomic mass is 19.1. The molecule has 0 spiro atoms. The molecule has 1 N–H and O–H groups in total. The zero-order chi connectivity index (χ0) is 14.5. The number of aromatic nitrogens is 2. The predicted octanol–water partition coefficient (Wildman–Crippen LogP) is 2.77. The van der Waals surface area contributed by atoms with Crippen molar-refractivity contribution in [3.8, 4) is 5.75 Å². The van der Waals surface area contributed by atoms with Crippen LogP contribution in [-0.2, 0) is 6.54 Å². The Kier molecular flexibility index (Phi) is 4.74. The van der Waals surface area contributed by atoms with Gasteiger partial charge in [0.05, 0.1) is 13.7 Å². The summed E-state index contributed by atoms with van der Waals surface area (Å²) in [6, 6.07) is 7.23. The number of nitrogens with one attached hydrogen (secondary N) is 1. The zero-order valence-corrected chi connectivity index (χ0v) is 12.0. The minimum Gasteiger partial charge on any atom is -0.494 e. The molecular formula is C15H20FN3O. The third-order valence-corrected chi connectivity index (χ3v) is 3.23. The van der Waals surface area contributed by atoms with E-state index in [4.69, 9.17) is 4.74 Å². The fourth-order valence-corrected chi connectivity index (χ4v) is 2.22. The Bertz CT molecular complexity index is 542. The van der Waals surface area contributed by atoms with Crippen LogP contribution in [-0.4, -0.2) is 22.9 Å². The molecule has 0 aliphatic carbocycles. The van der Waals surface area contributed by atoms with E-state index in [1.165, 1.54) is 13.2 Å². The maximum Gasteiger partial charge on any atom is 0.165 e. The van der Waals surface area contributed by atoms with Crippen molar-refractivity contribution >= 4 is 0 Å². The molecule has 108 valence electrons. The maximum atomic E-state index is 13.7. The Morgan fingerprint density at radius 2 is 2.20 bits per heavy atom. The third-order valence-electron chi connectivity index (χ3n) is 3.23.